The van der Waals surface area contributed by atoms with Gasteiger partial charge in [0.1, 0.15) is 0 Å². The fourth-order valence-electron chi connectivity index (χ4n) is 0. The molecule has 0 aliphatic heterocycles. The first-order valence-electron chi connectivity index (χ1n) is 0.167. The van der Waals surface area contributed by atoms with Gasteiger partial charge in [0.05, 0.1) is 0 Å². The lowest BCUT2D eigenvalue weighted by Gasteiger charge is -0.707. The molecule has 0 bridgehead atoms. The van der Waals surface area contributed by atoms with Crippen LogP contribution in [0, 0.1) is 9.93 Å². The highest BCUT2D eigenvalue weighted by molar-refractivity contribution is 4.07. The standard InChI is InChI=1S/5CH4.O2.3H2O/c;;;;;1-2;;;/h5*1H4;;3*1H2. The van der Waals surface area contributed by atoms with Crippen LogP contribution in [0.3, 0.4) is 0 Å². The molecule has 0 aromatic heterocycles. The van der Waals surface area contributed by atoms with Crippen molar-refractivity contribution in [1.29, 1.82) is 0 Å². The molecule has 0 atom stereocenters. The van der Waals surface area contributed by atoms with Crippen molar-refractivity contribution in [3.63, 3.8) is 0 Å². The normalized spacial score (nSPS) is 0.400. The zero-order valence-electron chi connectivity index (χ0n) is 2.32. The fourth-order valence-corrected chi connectivity index (χ4v) is 0. The molecule has 0 fully saturated rings. The summed E-state index contributed by atoms with van der Waals surface area (Å²) in [5.74, 6) is 0. The molecule has 0 radical (unpaired) electrons. The van der Waals surface area contributed by atoms with Gasteiger partial charge in [0.15, 0.2) is 0 Å². The van der Waals surface area contributed by atoms with Crippen molar-refractivity contribution in [3.05, 3.63) is 9.93 Å². The number of hydrogen-bond acceptors (Lipinski definition) is 2. The van der Waals surface area contributed by atoms with Gasteiger partial charge in [0.25, 0.3) is 0 Å². The quantitative estimate of drug-likeness (QED) is 0.526. The summed E-state index contributed by atoms with van der Waals surface area (Å²) in [6.07, 6.45) is 0. The largest absolute Gasteiger partial charge is 0.412 e. The summed E-state index contributed by atoms with van der Waals surface area (Å²) in [7, 11) is 0. The van der Waals surface area contributed by atoms with E-state index >= 15 is 0 Å². The second-order valence-electron chi connectivity index (χ2n) is 0. The first-order chi connectivity index (χ1) is 1.00. The van der Waals surface area contributed by atoms with Crippen molar-refractivity contribution >= 4 is 0 Å². The molecule has 0 aromatic carbocycles. The molecule has 0 saturated carbocycles. The monoisotopic (exact) mass is 166 g/mol. The van der Waals surface area contributed by atoms with Gasteiger partial charge in [-0.05, 0) is 0 Å². The van der Waals surface area contributed by atoms with Crippen LogP contribution in [-0.2, 0) is 0 Å². The van der Waals surface area contributed by atoms with Gasteiger partial charge in [-0.3, -0.25) is 0 Å². The Morgan fingerprint density at radius 1 is 0.400 bits per heavy atom. The molecule has 76 valence electrons. The second kappa shape index (κ2) is 1750. The predicted molar refractivity (Wildman–Crippen MR) is 51.2 cm³/mol. The van der Waals surface area contributed by atoms with E-state index in [0.717, 1.165) is 0 Å². The van der Waals surface area contributed by atoms with Gasteiger partial charge in [-0.15, -0.1) is 0 Å². The topological polar surface area (TPSA) is 129 Å². The molecule has 6 N–H and O–H groups in total. The van der Waals surface area contributed by atoms with Crippen molar-refractivity contribution in [1.82, 2.24) is 0 Å². The number of rotatable bonds is 0. The second-order valence-corrected chi connectivity index (χ2v) is 0. The third-order valence-electron chi connectivity index (χ3n) is 0. The lowest BCUT2D eigenvalue weighted by Crippen LogP contribution is -0.674. The maximum atomic E-state index is 7.00. The van der Waals surface area contributed by atoms with Crippen LogP contribution in [-0.4, -0.2) is 16.4 Å². The van der Waals surface area contributed by atoms with E-state index in [-0.39, 0.29) is 53.6 Å². The summed E-state index contributed by atoms with van der Waals surface area (Å²) in [5, 5.41) is 0. The summed E-state index contributed by atoms with van der Waals surface area (Å²) < 4.78 is 0. The lowest BCUT2D eigenvalue weighted by molar-refractivity contribution is 0.823. The average Bonchev–Trinajstić information content (AvgIpc) is 1.00. The Kier molecular flexibility index (Phi) is 519000. The smallest absolute Gasteiger partial charge is 0 e. The summed E-state index contributed by atoms with van der Waals surface area (Å²) in [4.78, 5) is 14.0. The van der Waals surface area contributed by atoms with Gasteiger partial charge in [-0.2, -0.15) is 0 Å². The van der Waals surface area contributed by atoms with E-state index in [1.807, 2.05) is 0 Å². The van der Waals surface area contributed by atoms with Gasteiger partial charge in [-0.25, -0.2) is 0 Å². The van der Waals surface area contributed by atoms with Crippen LogP contribution < -0.4 is 0 Å². The Bertz CT molecular complexity index is 10.0. The zero-order chi connectivity index (χ0) is 2.00. The SMILES string of the molecule is C.C.C.C.C.O.O.O.O=O. The minimum absolute atomic E-state index is 0. The van der Waals surface area contributed by atoms with Crippen molar-refractivity contribution in [3.8, 4) is 0 Å². The summed E-state index contributed by atoms with van der Waals surface area (Å²) in [6, 6.07) is 0. The van der Waals surface area contributed by atoms with E-state index in [2.05, 4.69) is 0 Å². The van der Waals surface area contributed by atoms with Crippen molar-refractivity contribution in [2.75, 3.05) is 0 Å². The molecule has 10 heavy (non-hydrogen) atoms. The van der Waals surface area contributed by atoms with Crippen LogP contribution in [0.1, 0.15) is 37.1 Å². The Balaban J connectivity index is -0.000000000179. The summed E-state index contributed by atoms with van der Waals surface area (Å²) in [6.45, 7) is 0. The van der Waals surface area contributed by atoms with Gasteiger partial charge in [0, 0.05) is 9.93 Å². The minimum atomic E-state index is 0. The summed E-state index contributed by atoms with van der Waals surface area (Å²) >= 11 is 0. The Morgan fingerprint density at radius 2 is 0.400 bits per heavy atom. The first kappa shape index (κ1) is 2960. The maximum absolute atomic E-state index is 7.00. The molecule has 5 nitrogen and oxygen atoms in total. The van der Waals surface area contributed by atoms with E-state index in [1.54, 1.807) is 0 Å². The van der Waals surface area contributed by atoms with E-state index in [1.165, 1.54) is 0 Å². The molecule has 0 unspecified atom stereocenters. The first-order valence-corrected chi connectivity index (χ1v) is 0.167. The highest BCUT2D eigenvalue weighted by atomic mass is 16.7. The van der Waals surface area contributed by atoms with Crippen LogP contribution in [0.2, 0.25) is 0 Å². The summed E-state index contributed by atoms with van der Waals surface area (Å²) in [5.41, 5.74) is 0. The highest BCUT2D eigenvalue weighted by Gasteiger charge is 0.707. The predicted octanol–water partition coefficient (Wildman–Crippen LogP) is 0.773. The third-order valence-corrected chi connectivity index (χ3v) is 0. The van der Waals surface area contributed by atoms with Gasteiger partial charge < -0.3 is 16.4 Å². The lowest BCUT2D eigenvalue weighted by atomic mass is 12.0. The molecule has 0 amide bonds. The van der Waals surface area contributed by atoms with E-state index in [9.17, 15) is 0 Å². The Morgan fingerprint density at radius 3 is 0.400 bits per heavy atom. The molecule has 0 aliphatic rings. The van der Waals surface area contributed by atoms with Crippen LogP contribution in [0.25, 0.3) is 0 Å². The Labute approximate surface area is 64.6 Å². The van der Waals surface area contributed by atoms with Crippen LogP contribution in [0.4, 0.5) is 0 Å². The minimum Gasteiger partial charge on any atom is -0.412 e. The molecule has 0 saturated heterocycles. The molecular weight excluding hydrogens is 140 g/mol. The fraction of sp³-hybridized carbons (Fsp3) is 1.00. The van der Waals surface area contributed by atoms with Crippen molar-refractivity contribution in [2.45, 2.75) is 37.1 Å². The van der Waals surface area contributed by atoms with Crippen molar-refractivity contribution in [2.24, 2.45) is 0 Å². The zero-order valence-corrected chi connectivity index (χ0v) is 2.32. The van der Waals surface area contributed by atoms with Crippen molar-refractivity contribution < 1.29 is 16.4 Å². The van der Waals surface area contributed by atoms with Gasteiger partial charge in [-0.1, -0.05) is 37.1 Å². The van der Waals surface area contributed by atoms with E-state index in [4.69, 9.17) is 9.93 Å². The van der Waals surface area contributed by atoms with Crippen LogP contribution in [0.5, 0.6) is 0 Å². The molecule has 5 heteroatoms. The van der Waals surface area contributed by atoms with E-state index in [0.29, 0.717) is 0 Å². The van der Waals surface area contributed by atoms with E-state index < -0.39 is 0 Å². The molecule has 0 spiro atoms. The van der Waals surface area contributed by atoms with Gasteiger partial charge in [0.2, 0.25) is 0 Å². The molecule has 0 heterocycles. The molecule has 0 rings (SSSR count). The Hall–Kier alpha value is -0.520. The average molecular weight is 166 g/mol. The van der Waals surface area contributed by atoms with Crippen LogP contribution in [0.15, 0.2) is 0 Å². The van der Waals surface area contributed by atoms with Gasteiger partial charge >= 0.3 is 0 Å². The number of hydrogen-bond donors (Lipinski definition) is 0. The molecule has 0 aromatic rings. The molecule has 0 aliphatic carbocycles. The maximum Gasteiger partial charge on any atom is 0 e. The third kappa shape index (κ3) is 1160. The highest BCUT2D eigenvalue weighted by Crippen LogP contribution is 0.741. The molecular formula is C5H26O5. The van der Waals surface area contributed by atoms with Crippen LogP contribution >= 0.6 is 0 Å².